The SMILES string of the molecule is CCN(Cc1nc2cc(OC)c(OC)cc2c(=O)[nH]1)C(=O)CCc1cc(C(C)=O)c(C)o1. The Kier molecular flexibility index (Phi) is 6.97. The summed E-state index contributed by atoms with van der Waals surface area (Å²) in [4.78, 5) is 45.8. The van der Waals surface area contributed by atoms with Crippen molar-refractivity contribution in [2.24, 2.45) is 0 Å². The zero-order valence-corrected chi connectivity index (χ0v) is 18.9. The van der Waals surface area contributed by atoms with E-state index in [0.717, 1.165) is 0 Å². The maximum absolute atomic E-state index is 12.8. The number of carbonyl (C=O) groups excluding carboxylic acids is 2. The monoisotopic (exact) mass is 441 g/mol. The van der Waals surface area contributed by atoms with Crippen molar-refractivity contribution < 1.29 is 23.5 Å². The molecule has 0 atom stereocenters. The van der Waals surface area contributed by atoms with Crippen molar-refractivity contribution in [1.82, 2.24) is 14.9 Å². The smallest absolute Gasteiger partial charge is 0.258 e. The predicted molar refractivity (Wildman–Crippen MR) is 118 cm³/mol. The summed E-state index contributed by atoms with van der Waals surface area (Å²) < 4.78 is 16.1. The van der Waals surface area contributed by atoms with Crippen LogP contribution in [-0.2, 0) is 17.8 Å². The van der Waals surface area contributed by atoms with Gasteiger partial charge in [0.15, 0.2) is 17.3 Å². The normalized spacial score (nSPS) is 10.9. The van der Waals surface area contributed by atoms with Gasteiger partial charge in [0.05, 0.1) is 37.2 Å². The molecule has 0 saturated heterocycles. The average Bonchev–Trinajstić information content (AvgIpc) is 3.15. The quantitative estimate of drug-likeness (QED) is 0.508. The highest BCUT2D eigenvalue weighted by Gasteiger charge is 2.18. The molecule has 2 aromatic heterocycles. The van der Waals surface area contributed by atoms with Gasteiger partial charge in [-0.2, -0.15) is 0 Å². The molecule has 2 heterocycles. The molecular formula is C23H27N3O6. The van der Waals surface area contributed by atoms with Gasteiger partial charge in [-0.15, -0.1) is 0 Å². The number of amides is 1. The lowest BCUT2D eigenvalue weighted by Gasteiger charge is -2.20. The number of furan rings is 1. The predicted octanol–water partition coefficient (Wildman–Crippen LogP) is 3.03. The fourth-order valence-corrected chi connectivity index (χ4v) is 3.55. The third-order valence-electron chi connectivity index (χ3n) is 5.27. The molecule has 0 aliphatic carbocycles. The van der Waals surface area contributed by atoms with E-state index >= 15 is 0 Å². The van der Waals surface area contributed by atoms with E-state index < -0.39 is 0 Å². The summed E-state index contributed by atoms with van der Waals surface area (Å²) in [7, 11) is 3.00. The van der Waals surface area contributed by atoms with Crippen LogP contribution in [0.5, 0.6) is 11.5 Å². The van der Waals surface area contributed by atoms with E-state index in [9.17, 15) is 14.4 Å². The molecule has 0 aliphatic rings. The maximum Gasteiger partial charge on any atom is 0.258 e. The van der Waals surface area contributed by atoms with Crippen molar-refractivity contribution >= 4 is 22.6 Å². The zero-order valence-electron chi connectivity index (χ0n) is 18.9. The molecule has 3 rings (SSSR count). The number of methoxy groups -OCH3 is 2. The largest absolute Gasteiger partial charge is 0.493 e. The Morgan fingerprint density at radius 3 is 2.44 bits per heavy atom. The summed E-state index contributed by atoms with van der Waals surface area (Å²) in [6.45, 7) is 5.67. The number of hydrogen-bond acceptors (Lipinski definition) is 7. The van der Waals surface area contributed by atoms with Gasteiger partial charge in [-0.1, -0.05) is 0 Å². The Hall–Kier alpha value is -3.62. The van der Waals surface area contributed by atoms with Crippen LogP contribution in [0.4, 0.5) is 0 Å². The Balaban J connectivity index is 1.76. The van der Waals surface area contributed by atoms with Gasteiger partial charge in [0.1, 0.15) is 17.3 Å². The fraction of sp³-hybridized carbons (Fsp3) is 0.391. The molecule has 0 spiro atoms. The minimum atomic E-state index is -0.322. The number of aryl methyl sites for hydroxylation is 2. The first kappa shape index (κ1) is 23.1. The van der Waals surface area contributed by atoms with Gasteiger partial charge in [-0.05, 0) is 32.9 Å². The highest BCUT2D eigenvalue weighted by molar-refractivity contribution is 5.95. The Morgan fingerprint density at radius 2 is 1.84 bits per heavy atom. The molecule has 0 saturated carbocycles. The second kappa shape index (κ2) is 9.67. The number of aromatic amines is 1. The number of fused-ring (bicyclic) bond motifs is 1. The number of nitrogens with one attached hydrogen (secondary N) is 1. The van der Waals surface area contributed by atoms with Gasteiger partial charge in [0.2, 0.25) is 5.91 Å². The molecule has 32 heavy (non-hydrogen) atoms. The van der Waals surface area contributed by atoms with Gasteiger partial charge in [0, 0.05) is 25.5 Å². The van der Waals surface area contributed by atoms with Crippen LogP contribution < -0.4 is 15.0 Å². The summed E-state index contributed by atoms with van der Waals surface area (Å²) in [6, 6.07) is 4.90. The molecular weight excluding hydrogens is 414 g/mol. The lowest BCUT2D eigenvalue weighted by Crippen LogP contribution is -2.32. The first-order valence-electron chi connectivity index (χ1n) is 10.3. The minimum absolute atomic E-state index is 0.0698. The molecule has 1 amide bonds. The zero-order chi connectivity index (χ0) is 23.4. The minimum Gasteiger partial charge on any atom is -0.493 e. The van der Waals surface area contributed by atoms with Crippen molar-refractivity contribution in [1.29, 1.82) is 0 Å². The summed E-state index contributed by atoms with van der Waals surface area (Å²) in [5.74, 6) is 2.24. The van der Waals surface area contributed by atoms with Gasteiger partial charge >= 0.3 is 0 Å². The number of ether oxygens (including phenoxy) is 2. The van der Waals surface area contributed by atoms with Crippen LogP contribution in [0.2, 0.25) is 0 Å². The lowest BCUT2D eigenvalue weighted by molar-refractivity contribution is -0.131. The number of rotatable bonds is 9. The number of aromatic nitrogens is 2. The van der Waals surface area contributed by atoms with Gasteiger partial charge in [-0.25, -0.2) is 4.98 Å². The Morgan fingerprint density at radius 1 is 1.16 bits per heavy atom. The third kappa shape index (κ3) is 4.82. The fourth-order valence-electron chi connectivity index (χ4n) is 3.55. The van der Waals surface area contributed by atoms with E-state index in [4.69, 9.17) is 13.9 Å². The molecule has 3 aromatic rings. The Labute approximate surface area is 185 Å². The summed E-state index contributed by atoms with van der Waals surface area (Å²) in [5.41, 5.74) is 0.662. The van der Waals surface area contributed by atoms with Crippen LogP contribution in [0, 0.1) is 6.92 Å². The number of carbonyl (C=O) groups is 2. The van der Waals surface area contributed by atoms with E-state index in [2.05, 4.69) is 9.97 Å². The first-order chi connectivity index (χ1) is 15.3. The number of Topliss-reactive ketones (excluding diaryl/α,β-unsaturated/α-hetero) is 1. The molecule has 0 aliphatic heterocycles. The highest BCUT2D eigenvalue weighted by atomic mass is 16.5. The van der Waals surface area contributed by atoms with Crippen LogP contribution in [0.1, 0.15) is 48.0 Å². The van der Waals surface area contributed by atoms with Crippen molar-refractivity contribution in [3.8, 4) is 11.5 Å². The van der Waals surface area contributed by atoms with Crippen LogP contribution >= 0.6 is 0 Å². The average molecular weight is 441 g/mol. The summed E-state index contributed by atoms with van der Waals surface area (Å²) in [5, 5.41) is 0.371. The molecule has 0 unspecified atom stereocenters. The number of H-pyrrole nitrogens is 1. The van der Waals surface area contributed by atoms with Crippen molar-refractivity contribution in [2.75, 3.05) is 20.8 Å². The van der Waals surface area contributed by atoms with Crippen LogP contribution in [0.25, 0.3) is 10.9 Å². The van der Waals surface area contributed by atoms with Crippen LogP contribution in [0.15, 0.2) is 27.4 Å². The maximum atomic E-state index is 12.8. The molecule has 170 valence electrons. The van der Waals surface area contributed by atoms with Crippen LogP contribution in [0.3, 0.4) is 0 Å². The van der Waals surface area contributed by atoms with Crippen molar-refractivity contribution in [3.63, 3.8) is 0 Å². The molecule has 9 nitrogen and oxygen atoms in total. The highest BCUT2D eigenvalue weighted by Crippen LogP contribution is 2.30. The molecule has 9 heteroatoms. The van der Waals surface area contributed by atoms with E-state index in [1.165, 1.54) is 21.1 Å². The second-order valence-corrected chi connectivity index (χ2v) is 7.38. The number of hydrogen-bond donors (Lipinski definition) is 1. The van der Waals surface area contributed by atoms with Gasteiger partial charge in [-0.3, -0.25) is 14.4 Å². The lowest BCUT2D eigenvalue weighted by atomic mass is 10.1. The van der Waals surface area contributed by atoms with E-state index in [-0.39, 0.29) is 30.2 Å². The molecule has 1 N–H and O–H groups in total. The van der Waals surface area contributed by atoms with Gasteiger partial charge in [0.25, 0.3) is 5.56 Å². The third-order valence-corrected chi connectivity index (χ3v) is 5.27. The summed E-state index contributed by atoms with van der Waals surface area (Å²) in [6.07, 6.45) is 0.586. The second-order valence-electron chi connectivity index (χ2n) is 7.38. The molecule has 0 radical (unpaired) electrons. The van der Waals surface area contributed by atoms with E-state index in [0.29, 0.717) is 58.3 Å². The van der Waals surface area contributed by atoms with E-state index in [1.54, 1.807) is 30.0 Å². The topological polar surface area (TPSA) is 115 Å². The van der Waals surface area contributed by atoms with Crippen molar-refractivity contribution in [2.45, 2.75) is 40.2 Å². The number of benzene rings is 1. The van der Waals surface area contributed by atoms with E-state index in [1.807, 2.05) is 6.92 Å². The standard InChI is InChI=1S/C23H27N3O6/c1-6-26(22(28)8-7-15-9-16(13(2)27)14(3)32-15)12-21-24-18-11-20(31-5)19(30-4)10-17(18)23(29)25-21/h9-11H,6-8,12H2,1-5H3,(H,24,25,29). The Bertz CT molecular complexity index is 1210. The molecule has 1 aromatic carbocycles. The summed E-state index contributed by atoms with van der Waals surface area (Å²) >= 11 is 0. The first-order valence-corrected chi connectivity index (χ1v) is 10.3. The number of nitrogens with zero attached hydrogens (tertiary/aromatic N) is 2. The molecule has 0 fully saturated rings. The number of ketones is 1. The van der Waals surface area contributed by atoms with Crippen molar-refractivity contribution in [3.05, 3.63) is 51.5 Å². The van der Waals surface area contributed by atoms with Crippen LogP contribution in [-0.4, -0.2) is 47.3 Å². The van der Waals surface area contributed by atoms with Gasteiger partial charge < -0.3 is 23.8 Å². The molecule has 0 bridgehead atoms.